The highest BCUT2D eigenvalue weighted by molar-refractivity contribution is 5.75. The van der Waals surface area contributed by atoms with Crippen molar-refractivity contribution in [1.82, 2.24) is 5.32 Å². The van der Waals surface area contributed by atoms with Crippen LogP contribution in [0.15, 0.2) is 24.3 Å². The Kier molecular flexibility index (Phi) is 4.91. The molecule has 0 saturated heterocycles. The maximum absolute atomic E-state index is 11.1. The average molecular weight is 248 g/mol. The predicted molar refractivity (Wildman–Crippen MR) is 75.2 cm³/mol. The summed E-state index contributed by atoms with van der Waals surface area (Å²) in [7, 11) is 1.85. The minimum atomic E-state index is -0.387. The van der Waals surface area contributed by atoms with Gasteiger partial charge in [0.05, 0.1) is 0 Å². The fourth-order valence-electron chi connectivity index (χ4n) is 2.16. The summed E-state index contributed by atoms with van der Waals surface area (Å²) in [6.45, 7) is 6.41. The second kappa shape index (κ2) is 6.01. The second-order valence-corrected chi connectivity index (χ2v) is 5.52. The number of hydrogen-bond donors (Lipinski definition) is 2. The van der Waals surface area contributed by atoms with Crippen LogP contribution in [0.25, 0.3) is 0 Å². The Morgan fingerprint density at radius 3 is 2.28 bits per heavy atom. The van der Waals surface area contributed by atoms with Gasteiger partial charge >= 0.3 is 0 Å². The Labute approximate surface area is 110 Å². The number of hydrogen-bond acceptors (Lipinski definition) is 2. The largest absolute Gasteiger partial charge is 0.370 e. The molecule has 0 aliphatic carbocycles. The molecule has 1 amide bonds. The van der Waals surface area contributed by atoms with E-state index in [0.717, 1.165) is 12.0 Å². The van der Waals surface area contributed by atoms with Gasteiger partial charge in [0.1, 0.15) is 0 Å². The smallest absolute Gasteiger partial charge is 0.219 e. The van der Waals surface area contributed by atoms with Crippen LogP contribution in [0.3, 0.4) is 0 Å². The number of benzene rings is 1. The van der Waals surface area contributed by atoms with Gasteiger partial charge in [-0.1, -0.05) is 38.1 Å². The first-order chi connectivity index (χ1) is 8.37. The van der Waals surface area contributed by atoms with Crippen LogP contribution < -0.4 is 11.1 Å². The normalized spacial score (nSPS) is 14.5. The van der Waals surface area contributed by atoms with E-state index in [2.05, 4.69) is 43.4 Å². The van der Waals surface area contributed by atoms with Gasteiger partial charge < -0.3 is 11.1 Å². The lowest BCUT2D eigenvalue weighted by Gasteiger charge is -2.28. The van der Waals surface area contributed by atoms with Crippen LogP contribution in [-0.2, 0) is 16.8 Å². The summed E-state index contributed by atoms with van der Waals surface area (Å²) in [4.78, 5) is 11.1. The molecule has 0 heterocycles. The summed E-state index contributed by atoms with van der Waals surface area (Å²) in [5.41, 5.74) is 7.34. The second-order valence-electron chi connectivity index (χ2n) is 5.52. The molecule has 1 atom stereocenters. The van der Waals surface area contributed by atoms with E-state index in [1.165, 1.54) is 5.56 Å². The topological polar surface area (TPSA) is 55.1 Å². The third kappa shape index (κ3) is 3.84. The summed E-state index contributed by atoms with van der Waals surface area (Å²) < 4.78 is 0. The number of carbonyl (C=O) groups excluding carboxylic acids is 1. The summed E-state index contributed by atoms with van der Waals surface area (Å²) >= 11 is 0. The molecule has 0 radical (unpaired) electrons. The molecule has 1 aromatic rings. The van der Waals surface area contributed by atoms with Crippen molar-refractivity contribution in [3.8, 4) is 0 Å². The number of amides is 1. The molecule has 0 bridgehead atoms. The maximum Gasteiger partial charge on any atom is 0.219 e. The molecule has 0 saturated carbocycles. The molecule has 1 rings (SSSR count). The van der Waals surface area contributed by atoms with Crippen molar-refractivity contribution in [2.75, 3.05) is 7.05 Å². The first-order valence-corrected chi connectivity index (χ1v) is 6.44. The van der Waals surface area contributed by atoms with Gasteiger partial charge in [-0.05, 0) is 37.4 Å². The van der Waals surface area contributed by atoms with Crippen LogP contribution >= 0.6 is 0 Å². The van der Waals surface area contributed by atoms with E-state index >= 15 is 0 Å². The standard InChI is InChI=1S/C15H24N2O/c1-11(2)9-12-5-7-13(8-6-12)15(3,17-4)10-14(16)18/h5-8,11,17H,9-10H2,1-4H3,(H2,16,18). The fourth-order valence-corrected chi connectivity index (χ4v) is 2.16. The van der Waals surface area contributed by atoms with Crippen molar-refractivity contribution in [3.05, 3.63) is 35.4 Å². The summed E-state index contributed by atoms with van der Waals surface area (Å²) in [5.74, 6) is 0.357. The zero-order valence-corrected chi connectivity index (χ0v) is 11.8. The molecular weight excluding hydrogens is 224 g/mol. The van der Waals surface area contributed by atoms with Crippen molar-refractivity contribution in [1.29, 1.82) is 0 Å². The van der Waals surface area contributed by atoms with Gasteiger partial charge in [-0.25, -0.2) is 0 Å². The first-order valence-electron chi connectivity index (χ1n) is 6.44. The summed E-state index contributed by atoms with van der Waals surface area (Å²) in [6, 6.07) is 8.42. The van der Waals surface area contributed by atoms with E-state index in [9.17, 15) is 4.79 Å². The molecule has 0 aliphatic rings. The molecule has 18 heavy (non-hydrogen) atoms. The van der Waals surface area contributed by atoms with Gasteiger partial charge in [-0.2, -0.15) is 0 Å². The highest BCUT2D eigenvalue weighted by atomic mass is 16.1. The minimum absolute atomic E-state index is 0.293. The van der Waals surface area contributed by atoms with Gasteiger partial charge in [-0.3, -0.25) is 4.79 Å². The van der Waals surface area contributed by atoms with E-state index in [4.69, 9.17) is 5.73 Å². The molecule has 0 aromatic heterocycles. The number of nitrogens with two attached hydrogens (primary N) is 1. The van der Waals surface area contributed by atoms with Gasteiger partial charge in [0.15, 0.2) is 0 Å². The van der Waals surface area contributed by atoms with Crippen LogP contribution in [0.2, 0.25) is 0 Å². The minimum Gasteiger partial charge on any atom is -0.370 e. The van der Waals surface area contributed by atoms with Crippen LogP contribution in [0.1, 0.15) is 38.3 Å². The summed E-state index contributed by atoms with van der Waals surface area (Å²) in [5, 5.41) is 3.19. The van der Waals surface area contributed by atoms with E-state index in [0.29, 0.717) is 12.3 Å². The molecule has 3 heteroatoms. The van der Waals surface area contributed by atoms with E-state index in [1.807, 2.05) is 14.0 Å². The molecule has 100 valence electrons. The molecule has 1 aromatic carbocycles. The molecule has 3 N–H and O–H groups in total. The van der Waals surface area contributed by atoms with Crippen LogP contribution in [0, 0.1) is 5.92 Å². The molecular formula is C15H24N2O. The van der Waals surface area contributed by atoms with Crippen molar-refractivity contribution in [2.24, 2.45) is 11.7 Å². The number of nitrogens with one attached hydrogen (secondary N) is 1. The van der Waals surface area contributed by atoms with E-state index in [-0.39, 0.29) is 11.4 Å². The molecule has 3 nitrogen and oxygen atoms in total. The fraction of sp³-hybridized carbons (Fsp3) is 0.533. The Balaban J connectivity index is 2.91. The predicted octanol–water partition coefficient (Wildman–Crippen LogP) is 2.20. The molecule has 0 spiro atoms. The van der Waals surface area contributed by atoms with Crippen molar-refractivity contribution < 1.29 is 4.79 Å². The lowest BCUT2D eigenvalue weighted by molar-refractivity contribution is -0.119. The third-order valence-corrected chi connectivity index (χ3v) is 3.31. The molecule has 1 unspecified atom stereocenters. The Hall–Kier alpha value is -1.35. The molecule has 0 fully saturated rings. The SMILES string of the molecule is CNC(C)(CC(N)=O)c1ccc(CC(C)C)cc1. The average Bonchev–Trinajstić information content (AvgIpc) is 2.28. The number of primary amides is 1. The number of carbonyl (C=O) groups is 1. The Morgan fingerprint density at radius 2 is 1.89 bits per heavy atom. The third-order valence-electron chi connectivity index (χ3n) is 3.31. The lowest BCUT2D eigenvalue weighted by Crippen LogP contribution is -2.40. The van der Waals surface area contributed by atoms with Gasteiger partial charge in [-0.15, -0.1) is 0 Å². The monoisotopic (exact) mass is 248 g/mol. The molecule has 0 aliphatic heterocycles. The lowest BCUT2D eigenvalue weighted by atomic mass is 9.87. The first kappa shape index (κ1) is 14.7. The van der Waals surface area contributed by atoms with Crippen LogP contribution in [0.4, 0.5) is 0 Å². The number of rotatable bonds is 6. The van der Waals surface area contributed by atoms with Crippen LogP contribution in [0.5, 0.6) is 0 Å². The zero-order valence-electron chi connectivity index (χ0n) is 11.8. The highest BCUT2D eigenvalue weighted by Gasteiger charge is 2.26. The van der Waals surface area contributed by atoms with Crippen molar-refractivity contribution in [2.45, 2.75) is 39.2 Å². The summed E-state index contributed by atoms with van der Waals surface area (Å²) in [6.07, 6.45) is 1.37. The van der Waals surface area contributed by atoms with E-state index in [1.54, 1.807) is 0 Å². The maximum atomic E-state index is 11.1. The van der Waals surface area contributed by atoms with Gasteiger partial charge in [0.25, 0.3) is 0 Å². The van der Waals surface area contributed by atoms with Crippen molar-refractivity contribution >= 4 is 5.91 Å². The van der Waals surface area contributed by atoms with E-state index < -0.39 is 0 Å². The highest BCUT2D eigenvalue weighted by Crippen LogP contribution is 2.24. The van der Waals surface area contributed by atoms with Crippen molar-refractivity contribution in [3.63, 3.8) is 0 Å². The Morgan fingerprint density at radius 1 is 1.33 bits per heavy atom. The quantitative estimate of drug-likeness (QED) is 0.811. The zero-order chi connectivity index (χ0) is 13.8. The van der Waals surface area contributed by atoms with Crippen LogP contribution in [-0.4, -0.2) is 13.0 Å². The van der Waals surface area contributed by atoms with Gasteiger partial charge in [0, 0.05) is 12.0 Å². The Bertz CT molecular complexity index is 397. The van der Waals surface area contributed by atoms with Gasteiger partial charge in [0.2, 0.25) is 5.91 Å².